The van der Waals surface area contributed by atoms with Gasteiger partial charge in [0.15, 0.2) is 0 Å². The highest BCUT2D eigenvalue weighted by atomic mass is 35.5. The van der Waals surface area contributed by atoms with Crippen LogP contribution in [0.3, 0.4) is 0 Å². The molecule has 0 spiro atoms. The molecule has 0 heterocycles. The van der Waals surface area contributed by atoms with Crippen molar-refractivity contribution in [3.63, 3.8) is 0 Å². The van der Waals surface area contributed by atoms with Gasteiger partial charge in [-0.15, -0.1) is 11.8 Å². The van der Waals surface area contributed by atoms with E-state index < -0.39 is 11.8 Å². The van der Waals surface area contributed by atoms with Gasteiger partial charge in [0.05, 0.1) is 21.5 Å². The van der Waals surface area contributed by atoms with Crippen molar-refractivity contribution in [1.82, 2.24) is 5.32 Å². The van der Waals surface area contributed by atoms with E-state index in [0.29, 0.717) is 22.0 Å². The standard InChI is InChI=1S/C36H27Cl2N3O3S/c37-30-12-7-13-31(34(30)38)40-33(42)23-45-29-20-18-28(19-21-29)39-36(44)32(41-35(43)27-10-5-2-6-11-27)22-24-14-16-26(17-15-24)25-8-3-1-4-9-25/h1-22H,23H2,(H,39,44)(H,40,42)(H,41,43)/b32-22-. The Hall–Kier alpha value is -4.82. The minimum Gasteiger partial charge on any atom is -0.324 e. The first-order chi connectivity index (χ1) is 21.9. The van der Waals surface area contributed by atoms with E-state index in [-0.39, 0.29) is 22.4 Å². The Labute approximate surface area is 275 Å². The molecule has 0 aliphatic rings. The quantitative estimate of drug-likeness (QED) is 0.104. The van der Waals surface area contributed by atoms with E-state index in [2.05, 4.69) is 16.0 Å². The molecule has 0 bridgehead atoms. The van der Waals surface area contributed by atoms with Crippen LogP contribution >= 0.6 is 35.0 Å². The van der Waals surface area contributed by atoms with Crippen LogP contribution < -0.4 is 16.0 Å². The number of rotatable bonds is 10. The van der Waals surface area contributed by atoms with Crippen molar-refractivity contribution in [1.29, 1.82) is 0 Å². The van der Waals surface area contributed by atoms with Crippen LogP contribution in [-0.4, -0.2) is 23.5 Å². The number of carbonyl (C=O) groups excluding carboxylic acids is 3. The molecule has 5 aromatic carbocycles. The SMILES string of the molecule is O=C(CSc1ccc(NC(=O)/C(=C/c2ccc(-c3ccccc3)cc2)NC(=O)c2ccccc2)cc1)Nc1cccc(Cl)c1Cl. The summed E-state index contributed by atoms with van der Waals surface area (Å²) in [6.07, 6.45) is 1.64. The normalized spacial score (nSPS) is 11.0. The smallest absolute Gasteiger partial charge is 0.272 e. The van der Waals surface area contributed by atoms with Crippen LogP contribution in [0, 0.1) is 0 Å². The third-order valence-electron chi connectivity index (χ3n) is 6.57. The van der Waals surface area contributed by atoms with Gasteiger partial charge >= 0.3 is 0 Å². The number of nitrogens with one attached hydrogen (secondary N) is 3. The third-order valence-corrected chi connectivity index (χ3v) is 8.40. The maximum absolute atomic E-state index is 13.4. The third kappa shape index (κ3) is 8.86. The molecule has 5 rings (SSSR count). The van der Waals surface area contributed by atoms with Gasteiger partial charge in [0, 0.05) is 16.1 Å². The van der Waals surface area contributed by atoms with Crippen molar-refractivity contribution in [2.24, 2.45) is 0 Å². The van der Waals surface area contributed by atoms with E-state index in [4.69, 9.17) is 23.2 Å². The molecule has 0 saturated heterocycles. The highest BCUT2D eigenvalue weighted by Gasteiger charge is 2.16. The molecule has 45 heavy (non-hydrogen) atoms. The molecule has 6 nitrogen and oxygen atoms in total. The van der Waals surface area contributed by atoms with Gasteiger partial charge in [0.25, 0.3) is 11.8 Å². The molecular weight excluding hydrogens is 625 g/mol. The predicted molar refractivity (Wildman–Crippen MR) is 185 cm³/mol. The molecule has 0 radical (unpaired) electrons. The van der Waals surface area contributed by atoms with Crippen LogP contribution in [0.25, 0.3) is 17.2 Å². The number of thioether (sulfide) groups is 1. The van der Waals surface area contributed by atoms with Gasteiger partial charge in [-0.3, -0.25) is 14.4 Å². The molecule has 3 amide bonds. The van der Waals surface area contributed by atoms with Gasteiger partial charge in [-0.2, -0.15) is 0 Å². The van der Waals surface area contributed by atoms with Crippen LogP contribution in [0.15, 0.2) is 138 Å². The topological polar surface area (TPSA) is 87.3 Å². The summed E-state index contributed by atoms with van der Waals surface area (Å²) in [6, 6.07) is 38.5. The minimum absolute atomic E-state index is 0.0890. The number of amides is 3. The Kier molecular flexibility index (Phi) is 10.7. The largest absolute Gasteiger partial charge is 0.324 e. The molecule has 0 saturated carbocycles. The average molecular weight is 653 g/mol. The Morgan fingerprint density at radius 1 is 0.667 bits per heavy atom. The second-order valence-electron chi connectivity index (χ2n) is 9.78. The van der Waals surface area contributed by atoms with E-state index in [9.17, 15) is 14.4 Å². The van der Waals surface area contributed by atoms with Crippen molar-refractivity contribution in [2.75, 3.05) is 16.4 Å². The average Bonchev–Trinajstić information content (AvgIpc) is 3.07. The van der Waals surface area contributed by atoms with Gasteiger partial charge in [0.2, 0.25) is 5.91 Å². The fraction of sp³-hybridized carbons (Fsp3) is 0.0278. The maximum Gasteiger partial charge on any atom is 0.272 e. The molecule has 0 atom stereocenters. The maximum atomic E-state index is 13.4. The van der Waals surface area contributed by atoms with Crippen molar-refractivity contribution >= 4 is 70.1 Å². The Balaban J connectivity index is 1.26. The lowest BCUT2D eigenvalue weighted by Crippen LogP contribution is -2.30. The number of carbonyl (C=O) groups is 3. The van der Waals surface area contributed by atoms with Gasteiger partial charge in [0.1, 0.15) is 5.70 Å². The van der Waals surface area contributed by atoms with E-state index >= 15 is 0 Å². The summed E-state index contributed by atoms with van der Waals surface area (Å²) in [4.78, 5) is 39.7. The zero-order valence-electron chi connectivity index (χ0n) is 23.8. The monoisotopic (exact) mass is 651 g/mol. The number of anilines is 2. The summed E-state index contributed by atoms with van der Waals surface area (Å²) in [6.45, 7) is 0. The van der Waals surface area contributed by atoms with Gasteiger partial charge in [-0.25, -0.2) is 0 Å². The van der Waals surface area contributed by atoms with Crippen molar-refractivity contribution in [3.8, 4) is 11.1 Å². The Bertz CT molecular complexity index is 1830. The minimum atomic E-state index is -0.482. The summed E-state index contributed by atoms with van der Waals surface area (Å²) in [5, 5.41) is 9.02. The van der Waals surface area contributed by atoms with Crippen molar-refractivity contribution in [3.05, 3.63) is 154 Å². The summed E-state index contributed by atoms with van der Waals surface area (Å²) in [5.41, 5.74) is 4.36. The first kappa shape index (κ1) is 31.6. The Morgan fingerprint density at radius 3 is 2.00 bits per heavy atom. The highest BCUT2D eigenvalue weighted by Crippen LogP contribution is 2.30. The first-order valence-electron chi connectivity index (χ1n) is 13.9. The highest BCUT2D eigenvalue weighted by molar-refractivity contribution is 8.00. The zero-order chi connectivity index (χ0) is 31.6. The fourth-order valence-electron chi connectivity index (χ4n) is 4.28. The van der Waals surface area contributed by atoms with E-state index in [0.717, 1.165) is 21.6 Å². The van der Waals surface area contributed by atoms with E-state index in [1.807, 2.05) is 60.7 Å². The molecule has 3 N–H and O–H groups in total. The zero-order valence-corrected chi connectivity index (χ0v) is 26.1. The lowest BCUT2D eigenvalue weighted by molar-refractivity contribution is -0.114. The van der Waals surface area contributed by atoms with Crippen LogP contribution in [0.1, 0.15) is 15.9 Å². The second kappa shape index (κ2) is 15.3. The first-order valence-corrected chi connectivity index (χ1v) is 15.6. The molecular formula is C36H27Cl2N3O3S. The molecule has 0 fully saturated rings. The lowest BCUT2D eigenvalue weighted by atomic mass is 10.0. The number of hydrogen-bond donors (Lipinski definition) is 3. The fourth-order valence-corrected chi connectivity index (χ4v) is 5.33. The molecule has 0 unspecified atom stereocenters. The van der Waals surface area contributed by atoms with Crippen molar-refractivity contribution < 1.29 is 14.4 Å². The second-order valence-corrected chi connectivity index (χ2v) is 11.6. The van der Waals surface area contributed by atoms with Gasteiger partial charge < -0.3 is 16.0 Å². The molecule has 0 aliphatic heterocycles. The number of halogens is 2. The van der Waals surface area contributed by atoms with E-state index in [1.165, 1.54) is 11.8 Å². The van der Waals surface area contributed by atoms with Gasteiger partial charge in [-0.1, -0.05) is 102 Å². The molecule has 224 valence electrons. The Morgan fingerprint density at radius 2 is 1.31 bits per heavy atom. The van der Waals surface area contributed by atoms with Gasteiger partial charge in [-0.05, 0) is 71.3 Å². The van der Waals surface area contributed by atoms with Crippen LogP contribution in [0.4, 0.5) is 11.4 Å². The summed E-state index contributed by atoms with van der Waals surface area (Å²) >= 11 is 13.5. The van der Waals surface area contributed by atoms with Crippen molar-refractivity contribution in [2.45, 2.75) is 4.90 Å². The summed E-state index contributed by atoms with van der Waals surface area (Å²) in [5.74, 6) is -0.968. The molecule has 0 aliphatic carbocycles. The number of hydrogen-bond acceptors (Lipinski definition) is 4. The molecule has 0 aromatic heterocycles. The summed E-state index contributed by atoms with van der Waals surface area (Å²) in [7, 11) is 0. The number of benzene rings is 5. The molecule has 5 aromatic rings. The predicted octanol–water partition coefficient (Wildman–Crippen LogP) is 8.80. The molecule has 9 heteroatoms. The van der Waals surface area contributed by atoms with Crippen LogP contribution in [0.2, 0.25) is 10.0 Å². The van der Waals surface area contributed by atoms with Crippen LogP contribution in [-0.2, 0) is 9.59 Å². The van der Waals surface area contributed by atoms with E-state index in [1.54, 1.807) is 72.8 Å². The van der Waals surface area contributed by atoms with Crippen LogP contribution in [0.5, 0.6) is 0 Å². The summed E-state index contributed by atoms with van der Waals surface area (Å²) < 4.78 is 0. The lowest BCUT2D eigenvalue weighted by Gasteiger charge is -2.12.